The lowest BCUT2D eigenvalue weighted by Gasteiger charge is -2.27. The van der Waals surface area contributed by atoms with Crippen LogP contribution in [0.3, 0.4) is 0 Å². The first-order valence-electron chi connectivity index (χ1n) is 4.29. The lowest BCUT2D eigenvalue weighted by molar-refractivity contribution is -0.428. The lowest BCUT2D eigenvalue weighted by atomic mass is 10.1. The largest absolute Gasteiger partial charge is 0.278 e. The van der Waals surface area contributed by atoms with Crippen molar-refractivity contribution in [2.24, 2.45) is 5.29 Å². The maximum atomic E-state index is 10.6. The van der Waals surface area contributed by atoms with Gasteiger partial charge in [-0.2, -0.15) is 5.12 Å². The second kappa shape index (κ2) is 3.89. The molecular weight excluding hydrogens is 220 g/mol. The van der Waals surface area contributed by atoms with Gasteiger partial charge in [0.05, 0.1) is 15.9 Å². The van der Waals surface area contributed by atoms with Crippen molar-refractivity contribution in [3.8, 4) is 0 Å². The van der Waals surface area contributed by atoms with Crippen molar-refractivity contribution >= 4 is 11.8 Å². The van der Waals surface area contributed by atoms with Gasteiger partial charge in [-0.25, -0.2) is 0 Å². The summed E-state index contributed by atoms with van der Waals surface area (Å²) in [5.74, 6) is 0.434. The molecule has 0 radical (unpaired) electrons. The molecule has 0 aromatic heterocycles. The molecule has 0 unspecified atom stereocenters. The first kappa shape index (κ1) is 9.97. The summed E-state index contributed by atoms with van der Waals surface area (Å²) in [5, 5.41) is 14.4. The van der Waals surface area contributed by atoms with E-state index in [-0.39, 0.29) is 5.70 Å². The average molecular weight is 228 g/mol. The van der Waals surface area contributed by atoms with E-state index in [4.69, 9.17) is 0 Å². The molecular formula is C7H8N4O3S. The highest BCUT2D eigenvalue weighted by molar-refractivity contribution is 8.03. The summed E-state index contributed by atoms with van der Waals surface area (Å²) in [6, 6.07) is 0. The Bertz CT molecular complexity index is 378. The first-order valence-corrected chi connectivity index (χ1v) is 5.27. The van der Waals surface area contributed by atoms with E-state index in [2.05, 4.69) is 10.7 Å². The minimum atomic E-state index is -0.399. The van der Waals surface area contributed by atoms with Crippen molar-refractivity contribution in [1.82, 2.24) is 10.5 Å². The summed E-state index contributed by atoms with van der Waals surface area (Å²) >= 11 is 1.48. The van der Waals surface area contributed by atoms with Gasteiger partial charge >= 0.3 is 0 Å². The maximum absolute atomic E-state index is 10.6. The molecule has 0 amide bonds. The molecule has 0 bridgehead atoms. The fraction of sp³-hybridized carbons (Fsp3) is 0.429. The van der Waals surface area contributed by atoms with E-state index in [1.54, 1.807) is 0 Å². The van der Waals surface area contributed by atoms with Gasteiger partial charge in [-0.3, -0.25) is 15.5 Å². The van der Waals surface area contributed by atoms with Crippen LogP contribution in [-0.4, -0.2) is 15.9 Å². The van der Waals surface area contributed by atoms with Crippen LogP contribution in [0.25, 0.3) is 0 Å². The minimum Gasteiger partial charge on any atom is -0.278 e. The van der Waals surface area contributed by atoms with Crippen LogP contribution >= 0.6 is 11.8 Å². The fourth-order valence-electron chi connectivity index (χ4n) is 1.44. The smallest absolute Gasteiger partial charge is 0.248 e. The second-order valence-electron chi connectivity index (χ2n) is 3.10. The highest BCUT2D eigenvalue weighted by atomic mass is 32.2. The van der Waals surface area contributed by atoms with Crippen molar-refractivity contribution in [3.05, 3.63) is 37.4 Å². The highest BCUT2D eigenvalue weighted by Crippen LogP contribution is 2.34. The third-order valence-corrected chi connectivity index (χ3v) is 3.31. The molecule has 1 N–H and O–H groups in total. The average Bonchev–Trinajstić information content (AvgIpc) is 2.27. The van der Waals surface area contributed by atoms with Crippen LogP contribution in [0.15, 0.2) is 27.7 Å². The first-order chi connectivity index (χ1) is 7.20. The molecule has 8 heteroatoms. The number of nitroso groups, excluding NO2 is 1. The number of nitrogens with zero attached hydrogens (tertiary/aromatic N) is 3. The van der Waals surface area contributed by atoms with Crippen LogP contribution in [-0.2, 0) is 0 Å². The van der Waals surface area contributed by atoms with Crippen LogP contribution in [0.1, 0.15) is 12.8 Å². The molecule has 0 saturated carbocycles. The predicted molar refractivity (Wildman–Crippen MR) is 54.6 cm³/mol. The zero-order valence-corrected chi connectivity index (χ0v) is 8.49. The molecule has 0 atom stereocenters. The predicted octanol–water partition coefficient (Wildman–Crippen LogP) is 1.34. The number of thioether (sulfide) groups is 1. The van der Waals surface area contributed by atoms with Gasteiger partial charge in [0.25, 0.3) is 0 Å². The number of hydrazine groups is 1. The Labute approximate surface area is 89.3 Å². The van der Waals surface area contributed by atoms with E-state index in [1.807, 2.05) is 0 Å². The molecule has 0 aromatic rings. The molecule has 2 rings (SSSR count). The fourth-order valence-corrected chi connectivity index (χ4v) is 2.33. The quantitative estimate of drug-likeness (QED) is 0.436. The van der Waals surface area contributed by atoms with E-state index in [0.717, 1.165) is 10.0 Å². The van der Waals surface area contributed by atoms with Crippen LogP contribution in [0.4, 0.5) is 0 Å². The summed E-state index contributed by atoms with van der Waals surface area (Å²) in [6.07, 6.45) is 2.55. The van der Waals surface area contributed by atoms with Gasteiger partial charge in [0.2, 0.25) is 5.70 Å². The zero-order chi connectivity index (χ0) is 10.8. The van der Waals surface area contributed by atoms with E-state index in [9.17, 15) is 15.0 Å². The summed E-state index contributed by atoms with van der Waals surface area (Å²) in [4.78, 5) is 21.5. The Hall–Kier alpha value is -1.57. The Morgan fingerprint density at radius 3 is 3.07 bits per heavy atom. The molecule has 1 heterocycles. The van der Waals surface area contributed by atoms with Gasteiger partial charge in [0.15, 0.2) is 0 Å². The molecule has 7 nitrogen and oxygen atoms in total. The van der Waals surface area contributed by atoms with Crippen molar-refractivity contribution in [3.63, 3.8) is 0 Å². The molecule has 2 aliphatic rings. The zero-order valence-electron chi connectivity index (χ0n) is 7.67. The number of hydrogen-bond acceptors (Lipinski definition) is 6. The molecule has 15 heavy (non-hydrogen) atoms. The van der Waals surface area contributed by atoms with Crippen molar-refractivity contribution in [1.29, 1.82) is 0 Å². The Kier molecular flexibility index (Phi) is 2.58. The molecule has 0 fully saturated rings. The summed E-state index contributed by atoms with van der Waals surface area (Å²) < 4.78 is 0. The summed E-state index contributed by atoms with van der Waals surface area (Å²) in [5.41, 5.74) is 3.50. The van der Waals surface area contributed by atoms with Crippen molar-refractivity contribution < 1.29 is 4.92 Å². The third-order valence-electron chi connectivity index (χ3n) is 2.16. The van der Waals surface area contributed by atoms with Gasteiger partial charge in [0.1, 0.15) is 5.88 Å². The topological polar surface area (TPSA) is 87.8 Å². The maximum Gasteiger partial charge on any atom is 0.248 e. The van der Waals surface area contributed by atoms with Gasteiger partial charge < -0.3 is 0 Å². The monoisotopic (exact) mass is 228 g/mol. The van der Waals surface area contributed by atoms with Crippen LogP contribution in [0.5, 0.6) is 0 Å². The van der Waals surface area contributed by atoms with E-state index < -0.39 is 4.92 Å². The van der Waals surface area contributed by atoms with Crippen molar-refractivity contribution in [2.75, 3.05) is 5.88 Å². The van der Waals surface area contributed by atoms with Gasteiger partial charge in [0, 0.05) is 17.4 Å². The van der Waals surface area contributed by atoms with Crippen LogP contribution < -0.4 is 5.43 Å². The SMILES string of the molecule is O=NN1CSC2=C(C=C([N+](=O)[O-])CC2)N1. The molecule has 1 aliphatic heterocycles. The number of rotatable bonds is 2. The molecule has 0 aromatic carbocycles. The number of hydrogen-bond donors (Lipinski definition) is 1. The minimum absolute atomic E-state index is 0.162. The Morgan fingerprint density at radius 1 is 1.60 bits per heavy atom. The molecule has 80 valence electrons. The van der Waals surface area contributed by atoms with Gasteiger partial charge in [-0.15, -0.1) is 16.7 Å². The second-order valence-corrected chi connectivity index (χ2v) is 4.14. The van der Waals surface area contributed by atoms with Crippen molar-refractivity contribution in [2.45, 2.75) is 12.8 Å². The molecule has 1 aliphatic carbocycles. The molecule has 0 spiro atoms. The summed E-state index contributed by atoms with van der Waals surface area (Å²) in [6.45, 7) is 0. The molecule has 0 saturated heterocycles. The third kappa shape index (κ3) is 1.94. The summed E-state index contributed by atoms with van der Waals surface area (Å²) in [7, 11) is 0. The number of nitro groups is 1. The Balaban J connectivity index is 2.22. The van der Waals surface area contributed by atoms with Gasteiger partial charge in [-0.1, -0.05) is 0 Å². The number of allylic oxidation sites excluding steroid dienone is 3. The van der Waals surface area contributed by atoms with E-state index in [0.29, 0.717) is 24.4 Å². The number of nitrogens with one attached hydrogen (secondary N) is 1. The van der Waals surface area contributed by atoms with Gasteiger partial charge in [-0.05, 0) is 6.42 Å². The standard InChI is InChI=1S/C7H8N4O3S/c12-9-10-4-15-7-2-1-5(11(13)14)3-6(7)8-10/h3,8H,1-2,4H2. The highest BCUT2D eigenvalue weighted by Gasteiger charge is 2.25. The van der Waals surface area contributed by atoms with E-state index in [1.165, 1.54) is 17.8 Å². The van der Waals surface area contributed by atoms with Crippen LogP contribution in [0.2, 0.25) is 0 Å². The van der Waals surface area contributed by atoms with Crippen LogP contribution in [0, 0.1) is 15.0 Å². The van der Waals surface area contributed by atoms with E-state index >= 15 is 0 Å². The lowest BCUT2D eigenvalue weighted by Crippen LogP contribution is -2.36. The normalized spacial score (nSPS) is 20.3. The Morgan fingerprint density at radius 2 is 2.40 bits per heavy atom.